The van der Waals surface area contributed by atoms with Crippen LogP contribution in [0.2, 0.25) is 0 Å². The molecule has 0 aromatic rings. The molecule has 10 N–H and O–H groups in total. The first kappa shape index (κ1) is 46.6. The molecule has 0 fully saturated rings. The van der Waals surface area contributed by atoms with Crippen LogP contribution in [0.4, 0.5) is 0 Å². The van der Waals surface area contributed by atoms with E-state index >= 15 is 0 Å². The monoisotopic (exact) mass is 352 g/mol. The maximum atomic E-state index is 7.17. The minimum atomic E-state index is -2.17. The van der Waals surface area contributed by atoms with Crippen molar-refractivity contribution in [2.24, 2.45) is 0 Å². The van der Waals surface area contributed by atoms with Crippen LogP contribution in [0.5, 0.6) is 0 Å². The molecule has 70 valence electrons. The zero-order chi connectivity index (χ0) is 7.15. The molecule has 0 saturated carbocycles. The Morgan fingerprint density at radius 2 is 0.462 bits per heavy atom. The summed E-state index contributed by atoms with van der Waals surface area (Å²) in [5.41, 5.74) is 0. The van der Waals surface area contributed by atoms with E-state index in [4.69, 9.17) is 30.1 Å². The van der Waals surface area contributed by atoms with Crippen LogP contribution in [0.25, 0.3) is 0 Å². The van der Waals surface area contributed by atoms with E-state index in [0.717, 1.165) is 0 Å². The molecule has 0 rings (SSSR count). The van der Waals surface area contributed by atoms with E-state index in [1.54, 1.807) is 0 Å². The SMILES string of the molecule is O.O.OB(O)O.OB(O)O.[Zn].[Zn].[Zn]. The fraction of sp³-hybridized carbons (Fsp3) is 0. The van der Waals surface area contributed by atoms with Crippen LogP contribution >= 0.6 is 0 Å². The molecule has 0 saturated heterocycles. The van der Waals surface area contributed by atoms with Gasteiger partial charge in [-0.15, -0.1) is 0 Å². The molecule has 0 amide bonds. The summed E-state index contributed by atoms with van der Waals surface area (Å²) in [5, 5.41) is 43.0. The van der Waals surface area contributed by atoms with Crippen LogP contribution in [0, 0.1) is 0 Å². The molecule has 0 atom stereocenters. The van der Waals surface area contributed by atoms with Gasteiger partial charge in [0.15, 0.2) is 0 Å². The summed E-state index contributed by atoms with van der Waals surface area (Å²) in [6.45, 7) is 0. The third kappa shape index (κ3) is 661. The molecule has 0 heterocycles. The Bertz CT molecular complexity index is 32.9. The van der Waals surface area contributed by atoms with Gasteiger partial charge in [-0.1, -0.05) is 0 Å². The molecule has 13 heavy (non-hydrogen) atoms. The third-order valence-corrected chi connectivity index (χ3v) is 0. The normalized spacial score (nSPS) is 4.15. The van der Waals surface area contributed by atoms with Crippen LogP contribution in [0.3, 0.4) is 0 Å². The van der Waals surface area contributed by atoms with E-state index in [9.17, 15) is 0 Å². The largest absolute Gasteiger partial charge is 0.631 e. The standard InChI is InChI=1S/2BH3O3.2H2O.3Zn/c2*2-1(3)4;;;;;/h2*2-4H;2*1H2;;;. The molecule has 0 aromatic carbocycles. The minimum absolute atomic E-state index is 0. The second kappa shape index (κ2) is 37.3. The van der Waals surface area contributed by atoms with Crippen molar-refractivity contribution < 1.29 is 99.5 Å². The van der Waals surface area contributed by atoms with Gasteiger partial charge in [0.2, 0.25) is 0 Å². The Kier molecular flexibility index (Phi) is 134. The van der Waals surface area contributed by atoms with Gasteiger partial charge < -0.3 is 41.1 Å². The van der Waals surface area contributed by atoms with Crippen molar-refractivity contribution in [2.45, 2.75) is 0 Å². The van der Waals surface area contributed by atoms with Gasteiger partial charge >= 0.3 is 14.6 Å². The molecule has 0 unspecified atom stereocenters. The van der Waals surface area contributed by atoms with E-state index in [1.165, 1.54) is 0 Å². The predicted octanol–water partition coefficient (Wildman–Crippen LogP) is -5.76. The van der Waals surface area contributed by atoms with E-state index in [-0.39, 0.29) is 69.4 Å². The van der Waals surface area contributed by atoms with Crippen molar-refractivity contribution in [3.63, 3.8) is 0 Å². The van der Waals surface area contributed by atoms with Crippen LogP contribution in [-0.4, -0.2) is 55.7 Å². The molecule has 8 nitrogen and oxygen atoms in total. The van der Waals surface area contributed by atoms with Gasteiger partial charge in [-0.2, -0.15) is 0 Å². The second-order valence-corrected chi connectivity index (χ2v) is 0.693. The molecule has 0 aromatic heterocycles. The van der Waals surface area contributed by atoms with E-state index < -0.39 is 14.6 Å². The molecular weight excluding hydrogens is 346 g/mol. The fourth-order valence-electron chi connectivity index (χ4n) is 0. The summed E-state index contributed by atoms with van der Waals surface area (Å²) in [7, 11) is -4.33. The average Bonchev–Trinajstić information content (AvgIpc) is 1.25. The molecular formula is H10B2O8Zn3. The summed E-state index contributed by atoms with van der Waals surface area (Å²) in [5.74, 6) is 0. The topological polar surface area (TPSA) is 184 Å². The van der Waals surface area contributed by atoms with E-state index in [0.29, 0.717) is 0 Å². The van der Waals surface area contributed by atoms with Gasteiger partial charge in [0.05, 0.1) is 0 Å². The third-order valence-electron chi connectivity index (χ3n) is 0. The van der Waals surface area contributed by atoms with Crippen molar-refractivity contribution in [3.8, 4) is 0 Å². The zero-order valence-electron chi connectivity index (χ0n) is 6.96. The van der Waals surface area contributed by atoms with Crippen molar-refractivity contribution in [3.05, 3.63) is 0 Å². The predicted molar refractivity (Wildman–Crippen MR) is 32.0 cm³/mol. The van der Waals surface area contributed by atoms with Gasteiger partial charge in [0.1, 0.15) is 0 Å². The van der Waals surface area contributed by atoms with Crippen molar-refractivity contribution in [2.75, 3.05) is 0 Å². The maximum Gasteiger partial charge on any atom is 0.631 e. The molecule has 13 heteroatoms. The van der Waals surface area contributed by atoms with Gasteiger partial charge in [-0.25, -0.2) is 0 Å². The van der Waals surface area contributed by atoms with E-state index in [1.807, 2.05) is 0 Å². The molecule has 0 aliphatic rings. The summed E-state index contributed by atoms with van der Waals surface area (Å²) in [4.78, 5) is 0. The van der Waals surface area contributed by atoms with Crippen LogP contribution in [-0.2, 0) is 58.4 Å². The van der Waals surface area contributed by atoms with Crippen molar-refractivity contribution in [1.82, 2.24) is 0 Å². The first-order chi connectivity index (χ1) is 3.46. The van der Waals surface area contributed by atoms with Crippen LogP contribution < -0.4 is 0 Å². The fourth-order valence-corrected chi connectivity index (χ4v) is 0. The number of hydrogen-bond acceptors (Lipinski definition) is 6. The zero-order valence-corrected chi connectivity index (χ0v) is 15.9. The van der Waals surface area contributed by atoms with Gasteiger partial charge in [0.25, 0.3) is 0 Å². The van der Waals surface area contributed by atoms with Gasteiger partial charge in [-0.05, 0) is 0 Å². The Labute approximate surface area is 114 Å². The van der Waals surface area contributed by atoms with E-state index in [2.05, 4.69) is 0 Å². The second-order valence-electron chi connectivity index (χ2n) is 0.693. The molecule has 0 aliphatic heterocycles. The Morgan fingerprint density at radius 1 is 0.462 bits per heavy atom. The maximum absolute atomic E-state index is 7.17. The number of hydrogen-bond donors (Lipinski definition) is 6. The summed E-state index contributed by atoms with van der Waals surface area (Å²) in [6, 6.07) is 0. The van der Waals surface area contributed by atoms with Crippen LogP contribution in [0.15, 0.2) is 0 Å². The average molecular weight is 356 g/mol. The van der Waals surface area contributed by atoms with Crippen molar-refractivity contribution in [1.29, 1.82) is 0 Å². The van der Waals surface area contributed by atoms with Gasteiger partial charge in [-0.3, -0.25) is 0 Å². The molecule has 0 radical (unpaired) electrons. The smallest absolute Gasteiger partial charge is 0.412 e. The minimum Gasteiger partial charge on any atom is -0.412 e. The summed E-state index contributed by atoms with van der Waals surface area (Å²) < 4.78 is 0. The first-order valence-electron chi connectivity index (χ1n) is 1.55. The number of rotatable bonds is 0. The quantitative estimate of drug-likeness (QED) is 0.235. The van der Waals surface area contributed by atoms with Crippen molar-refractivity contribution >= 4 is 14.6 Å². The Balaban J connectivity index is -0.00000000800. The first-order valence-corrected chi connectivity index (χ1v) is 1.55. The van der Waals surface area contributed by atoms with Gasteiger partial charge in [0, 0.05) is 58.4 Å². The Morgan fingerprint density at radius 3 is 0.462 bits per heavy atom. The Hall–Kier alpha value is 1.68. The molecule has 0 spiro atoms. The summed E-state index contributed by atoms with van der Waals surface area (Å²) in [6.07, 6.45) is 0. The molecule has 0 aliphatic carbocycles. The molecule has 0 bridgehead atoms. The summed E-state index contributed by atoms with van der Waals surface area (Å²) >= 11 is 0. The van der Waals surface area contributed by atoms with Crippen LogP contribution in [0.1, 0.15) is 0 Å².